The minimum atomic E-state index is -4.56. The number of carboxylic acid groups (broad SMARTS) is 1. The summed E-state index contributed by atoms with van der Waals surface area (Å²) in [5, 5.41) is 15.7. The number of methoxy groups -OCH3 is 1. The second kappa shape index (κ2) is 5.73. The van der Waals surface area contributed by atoms with Gasteiger partial charge < -0.3 is 15.2 Å². The Balaban J connectivity index is 2.09. The molecule has 0 fully saturated rings. The van der Waals surface area contributed by atoms with Crippen LogP contribution in [0.15, 0.2) is 30.5 Å². The van der Waals surface area contributed by atoms with Crippen molar-refractivity contribution in [1.82, 2.24) is 9.78 Å². The van der Waals surface area contributed by atoms with Crippen LogP contribution >= 0.6 is 0 Å². The molecule has 1 aromatic carbocycles. The molecular weight excluding hydrogens is 327 g/mol. The first-order valence-corrected chi connectivity index (χ1v) is 7.10. The van der Waals surface area contributed by atoms with Crippen LogP contribution in [0.4, 0.5) is 19.0 Å². The topological polar surface area (TPSA) is 76.4 Å². The lowest BCUT2D eigenvalue weighted by molar-refractivity contribution is -0.173. The number of fused-ring (bicyclic) bond motifs is 1. The highest BCUT2D eigenvalue weighted by molar-refractivity contribution is 5.93. The molecule has 1 aliphatic rings. The second-order valence-electron chi connectivity index (χ2n) is 5.39. The lowest BCUT2D eigenvalue weighted by Gasteiger charge is -2.34. The molecule has 0 unspecified atom stereocenters. The number of anilines is 1. The molecule has 6 nitrogen and oxygen atoms in total. The summed E-state index contributed by atoms with van der Waals surface area (Å²) < 4.78 is 46.2. The summed E-state index contributed by atoms with van der Waals surface area (Å²) in [5.41, 5.74) is 0.224. The predicted molar refractivity (Wildman–Crippen MR) is 78.3 cm³/mol. The highest BCUT2D eigenvalue weighted by atomic mass is 19.4. The van der Waals surface area contributed by atoms with Gasteiger partial charge in [0.1, 0.15) is 17.1 Å². The molecule has 128 valence electrons. The second-order valence-corrected chi connectivity index (χ2v) is 5.39. The van der Waals surface area contributed by atoms with Crippen LogP contribution in [0.25, 0.3) is 0 Å². The van der Waals surface area contributed by atoms with Crippen molar-refractivity contribution in [3.05, 3.63) is 41.6 Å². The Hall–Kier alpha value is -2.71. The number of nitrogens with one attached hydrogen (secondary N) is 1. The number of carbonyl (C=O) groups is 1. The standard InChI is InChI=1S/C15H14F3N3O3/c1-24-11-5-3-2-4-8(11)10-6-12(15(16,17)18)21-13(20-10)9(7-19-21)14(22)23/h2-5,7,10,12,20H,6H2,1H3,(H,22,23)/t10-,12+/m0/s1. The van der Waals surface area contributed by atoms with Crippen molar-refractivity contribution in [2.75, 3.05) is 12.4 Å². The Kier molecular flexibility index (Phi) is 3.86. The van der Waals surface area contributed by atoms with Crippen molar-refractivity contribution in [3.8, 4) is 5.75 Å². The highest BCUT2D eigenvalue weighted by Gasteiger charge is 2.47. The Morgan fingerprint density at radius 1 is 1.42 bits per heavy atom. The quantitative estimate of drug-likeness (QED) is 0.896. The van der Waals surface area contributed by atoms with E-state index in [9.17, 15) is 23.1 Å². The van der Waals surface area contributed by atoms with Crippen LogP contribution in [-0.2, 0) is 0 Å². The van der Waals surface area contributed by atoms with Gasteiger partial charge in [0.15, 0.2) is 6.04 Å². The van der Waals surface area contributed by atoms with Gasteiger partial charge in [-0.1, -0.05) is 18.2 Å². The number of hydrogen-bond donors (Lipinski definition) is 2. The first-order chi connectivity index (χ1) is 11.3. The van der Waals surface area contributed by atoms with Gasteiger partial charge in [0.05, 0.1) is 19.3 Å². The number of aromatic nitrogens is 2. The zero-order valence-corrected chi connectivity index (χ0v) is 12.5. The Labute approximate surface area is 134 Å². The molecule has 0 radical (unpaired) electrons. The van der Waals surface area contributed by atoms with Crippen molar-refractivity contribution >= 4 is 11.8 Å². The molecule has 0 saturated carbocycles. The number of halogens is 3. The third-order valence-corrected chi connectivity index (χ3v) is 3.98. The van der Waals surface area contributed by atoms with Crippen LogP contribution in [0, 0.1) is 0 Å². The van der Waals surface area contributed by atoms with E-state index in [0.717, 1.165) is 6.20 Å². The van der Waals surface area contributed by atoms with E-state index in [0.29, 0.717) is 16.0 Å². The van der Waals surface area contributed by atoms with Crippen LogP contribution in [0.5, 0.6) is 5.75 Å². The number of para-hydroxylation sites is 1. The van der Waals surface area contributed by atoms with E-state index in [-0.39, 0.29) is 17.8 Å². The zero-order valence-electron chi connectivity index (χ0n) is 12.5. The summed E-state index contributed by atoms with van der Waals surface area (Å²) in [6.45, 7) is 0. The summed E-state index contributed by atoms with van der Waals surface area (Å²) in [5.74, 6) is -1.07. The number of benzene rings is 1. The molecule has 2 N–H and O–H groups in total. The molecule has 0 saturated heterocycles. The molecule has 1 aliphatic heterocycles. The van der Waals surface area contributed by atoms with Crippen LogP contribution in [0.2, 0.25) is 0 Å². The summed E-state index contributed by atoms with van der Waals surface area (Å²) >= 11 is 0. The number of hydrogen-bond acceptors (Lipinski definition) is 4. The lowest BCUT2D eigenvalue weighted by Crippen LogP contribution is -2.36. The van der Waals surface area contributed by atoms with E-state index < -0.39 is 24.2 Å². The fraction of sp³-hybridized carbons (Fsp3) is 0.333. The van der Waals surface area contributed by atoms with E-state index in [1.165, 1.54) is 7.11 Å². The van der Waals surface area contributed by atoms with Gasteiger partial charge in [-0.2, -0.15) is 18.3 Å². The average Bonchev–Trinajstić information content (AvgIpc) is 2.96. The molecule has 3 rings (SSSR count). The molecule has 0 aliphatic carbocycles. The van der Waals surface area contributed by atoms with Crippen LogP contribution < -0.4 is 10.1 Å². The SMILES string of the molecule is COc1ccccc1[C@@H]1C[C@H](C(F)(F)F)n2ncc(C(=O)O)c2N1. The fourth-order valence-corrected chi connectivity index (χ4v) is 2.88. The molecule has 2 heterocycles. The van der Waals surface area contributed by atoms with Gasteiger partial charge in [-0.05, 0) is 6.07 Å². The summed E-state index contributed by atoms with van der Waals surface area (Å²) in [6.07, 6.45) is -3.95. The largest absolute Gasteiger partial charge is 0.496 e. The maximum absolute atomic E-state index is 13.4. The highest BCUT2D eigenvalue weighted by Crippen LogP contribution is 2.45. The van der Waals surface area contributed by atoms with Gasteiger partial charge in [-0.25, -0.2) is 9.48 Å². The summed E-state index contributed by atoms with van der Waals surface area (Å²) in [4.78, 5) is 11.3. The third kappa shape index (κ3) is 2.66. The van der Waals surface area contributed by atoms with Gasteiger partial charge in [-0.3, -0.25) is 0 Å². The van der Waals surface area contributed by atoms with Crippen LogP contribution in [0.3, 0.4) is 0 Å². The minimum Gasteiger partial charge on any atom is -0.496 e. The molecular formula is C15H14F3N3O3. The maximum atomic E-state index is 13.4. The maximum Gasteiger partial charge on any atom is 0.410 e. The fourth-order valence-electron chi connectivity index (χ4n) is 2.88. The Morgan fingerprint density at radius 2 is 2.12 bits per heavy atom. The number of ether oxygens (including phenoxy) is 1. The average molecular weight is 341 g/mol. The molecule has 24 heavy (non-hydrogen) atoms. The lowest BCUT2D eigenvalue weighted by atomic mass is 9.96. The number of carboxylic acids is 1. The third-order valence-electron chi connectivity index (χ3n) is 3.98. The van der Waals surface area contributed by atoms with E-state index >= 15 is 0 Å². The summed E-state index contributed by atoms with van der Waals surface area (Å²) in [6, 6.07) is 4.01. The van der Waals surface area contributed by atoms with E-state index in [2.05, 4.69) is 10.4 Å². The van der Waals surface area contributed by atoms with Gasteiger partial charge in [0.2, 0.25) is 0 Å². The Morgan fingerprint density at radius 3 is 2.75 bits per heavy atom. The number of nitrogens with zero attached hydrogens (tertiary/aromatic N) is 2. The van der Waals surface area contributed by atoms with E-state index in [4.69, 9.17) is 4.74 Å². The zero-order chi connectivity index (χ0) is 17.5. The van der Waals surface area contributed by atoms with Crippen molar-refractivity contribution < 1.29 is 27.8 Å². The first kappa shape index (κ1) is 16.2. The summed E-state index contributed by atoms with van der Waals surface area (Å²) in [7, 11) is 1.43. The van der Waals surface area contributed by atoms with Crippen molar-refractivity contribution in [2.45, 2.75) is 24.7 Å². The van der Waals surface area contributed by atoms with Gasteiger partial charge in [0, 0.05) is 12.0 Å². The van der Waals surface area contributed by atoms with Gasteiger partial charge in [0.25, 0.3) is 0 Å². The number of rotatable bonds is 3. The molecule has 2 atom stereocenters. The first-order valence-electron chi connectivity index (χ1n) is 7.10. The molecule has 0 bridgehead atoms. The van der Waals surface area contributed by atoms with Gasteiger partial charge >= 0.3 is 12.1 Å². The van der Waals surface area contributed by atoms with Gasteiger partial charge in [-0.15, -0.1) is 0 Å². The van der Waals surface area contributed by atoms with E-state index in [1.807, 2.05) is 0 Å². The Bertz CT molecular complexity index is 773. The molecule has 9 heteroatoms. The molecule has 0 amide bonds. The normalized spacial score (nSPS) is 20.2. The molecule has 1 aromatic heterocycles. The molecule has 2 aromatic rings. The van der Waals surface area contributed by atoms with Crippen molar-refractivity contribution in [1.29, 1.82) is 0 Å². The smallest absolute Gasteiger partial charge is 0.410 e. The molecule has 0 spiro atoms. The minimum absolute atomic E-state index is 0.160. The number of alkyl halides is 3. The number of aromatic carboxylic acids is 1. The monoisotopic (exact) mass is 341 g/mol. The van der Waals surface area contributed by atoms with E-state index in [1.54, 1.807) is 24.3 Å². The van der Waals surface area contributed by atoms with Crippen LogP contribution in [-0.4, -0.2) is 34.1 Å². The van der Waals surface area contributed by atoms with Crippen LogP contribution in [0.1, 0.15) is 34.4 Å². The van der Waals surface area contributed by atoms with Crippen molar-refractivity contribution in [2.24, 2.45) is 0 Å². The predicted octanol–water partition coefficient (Wildman–Crippen LogP) is 3.25. The van der Waals surface area contributed by atoms with Crippen molar-refractivity contribution in [3.63, 3.8) is 0 Å².